The SMILES string of the molecule is CCOCc1noc(CC(O)C2CC2)n1. The number of aliphatic hydroxyl groups excluding tert-OH is 1. The Morgan fingerprint density at radius 2 is 2.40 bits per heavy atom. The molecule has 1 saturated carbocycles. The number of aliphatic hydroxyl groups is 1. The van der Waals surface area contributed by atoms with Crippen LogP contribution in [0.25, 0.3) is 0 Å². The molecule has 0 saturated heterocycles. The molecule has 1 N–H and O–H groups in total. The Labute approximate surface area is 88.4 Å². The molecule has 0 aromatic carbocycles. The molecular weight excluding hydrogens is 196 g/mol. The highest BCUT2D eigenvalue weighted by molar-refractivity contribution is 4.91. The van der Waals surface area contributed by atoms with Crippen molar-refractivity contribution in [2.75, 3.05) is 6.61 Å². The number of ether oxygens (including phenoxy) is 1. The highest BCUT2D eigenvalue weighted by Crippen LogP contribution is 2.33. The maximum Gasteiger partial charge on any atom is 0.229 e. The van der Waals surface area contributed by atoms with E-state index in [-0.39, 0.29) is 6.10 Å². The van der Waals surface area contributed by atoms with Gasteiger partial charge in [-0.05, 0) is 25.7 Å². The molecule has 1 heterocycles. The average molecular weight is 212 g/mol. The van der Waals surface area contributed by atoms with Gasteiger partial charge in [-0.3, -0.25) is 0 Å². The number of aromatic nitrogens is 2. The summed E-state index contributed by atoms with van der Waals surface area (Å²) in [4.78, 5) is 4.14. The fraction of sp³-hybridized carbons (Fsp3) is 0.800. The molecule has 1 atom stereocenters. The summed E-state index contributed by atoms with van der Waals surface area (Å²) in [5, 5.41) is 13.4. The van der Waals surface area contributed by atoms with Crippen LogP contribution >= 0.6 is 0 Å². The second kappa shape index (κ2) is 4.72. The van der Waals surface area contributed by atoms with Crippen molar-refractivity contribution in [3.8, 4) is 0 Å². The molecule has 1 aromatic rings. The monoisotopic (exact) mass is 212 g/mol. The molecule has 2 rings (SSSR count). The molecule has 0 radical (unpaired) electrons. The lowest BCUT2D eigenvalue weighted by atomic mass is 10.2. The van der Waals surface area contributed by atoms with Crippen molar-refractivity contribution >= 4 is 0 Å². The average Bonchev–Trinajstić information content (AvgIpc) is 2.99. The molecule has 1 aromatic heterocycles. The molecule has 5 nitrogen and oxygen atoms in total. The summed E-state index contributed by atoms with van der Waals surface area (Å²) in [5.41, 5.74) is 0. The number of hydrogen-bond donors (Lipinski definition) is 1. The Kier molecular flexibility index (Phi) is 3.33. The minimum Gasteiger partial charge on any atom is -0.392 e. The zero-order valence-corrected chi connectivity index (χ0v) is 8.85. The molecule has 1 aliphatic rings. The smallest absolute Gasteiger partial charge is 0.229 e. The van der Waals surface area contributed by atoms with Crippen LogP contribution in [0.2, 0.25) is 0 Å². The molecule has 1 unspecified atom stereocenters. The first-order chi connectivity index (χ1) is 7.29. The van der Waals surface area contributed by atoms with E-state index in [1.165, 1.54) is 0 Å². The first-order valence-corrected chi connectivity index (χ1v) is 5.37. The first kappa shape index (κ1) is 10.6. The van der Waals surface area contributed by atoms with Gasteiger partial charge in [0.2, 0.25) is 5.89 Å². The topological polar surface area (TPSA) is 68.4 Å². The summed E-state index contributed by atoms with van der Waals surface area (Å²) in [6.07, 6.45) is 2.36. The molecule has 0 aliphatic heterocycles. The van der Waals surface area contributed by atoms with E-state index < -0.39 is 0 Å². The van der Waals surface area contributed by atoms with Gasteiger partial charge in [-0.1, -0.05) is 5.16 Å². The molecule has 0 bridgehead atoms. The van der Waals surface area contributed by atoms with E-state index >= 15 is 0 Å². The van der Waals surface area contributed by atoms with Crippen LogP contribution in [-0.2, 0) is 17.8 Å². The summed E-state index contributed by atoms with van der Waals surface area (Å²) in [5.74, 6) is 1.49. The van der Waals surface area contributed by atoms with Crippen LogP contribution in [0.5, 0.6) is 0 Å². The molecule has 15 heavy (non-hydrogen) atoms. The van der Waals surface area contributed by atoms with Crippen molar-refractivity contribution in [1.29, 1.82) is 0 Å². The maximum atomic E-state index is 9.67. The Bertz CT molecular complexity index is 309. The van der Waals surface area contributed by atoms with Gasteiger partial charge in [0.1, 0.15) is 6.61 Å². The standard InChI is InChI=1S/C10H16N2O3/c1-2-14-6-9-11-10(15-12-9)5-8(13)7-3-4-7/h7-8,13H,2-6H2,1H3. The van der Waals surface area contributed by atoms with Gasteiger partial charge in [0.05, 0.1) is 12.5 Å². The Morgan fingerprint density at radius 1 is 1.60 bits per heavy atom. The highest BCUT2D eigenvalue weighted by Gasteiger charge is 2.30. The van der Waals surface area contributed by atoms with Gasteiger partial charge >= 0.3 is 0 Å². The second-order valence-corrected chi connectivity index (χ2v) is 3.85. The summed E-state index contributed by atoms with van der Waals surface area (Å²) in [6, 6.07) is 0. The zero-order chi connectivity index (χ0) is 10.7. The third kappa shape index (κ3) is 3.00. The summed E-state index contributed by atoms with van der Waals surface area (Å²) in [7, 11) is 0. The van der Waals surface area contributed by atoms with Crippen LogP contribution in [0.1, 0.15) is 31.5 Å². The Balaban J connectivity index is 1.83. The Morgan fingerprint density at radius 3 is 3.07 bits per heavy atom. The first-order valence-electron chi connectivity index (χ1n) is 5.37. The minimum absolute atomic E-state index is 0.328. The van der Waals surface area contributed by atoms with Gasteiger partial charge in [0.15, 0.2) is 5.82 Å². The van der Waals surface area contributed by atoms with E-state index in [9.17, 15) is 5.11 Å². The van der Waals surface area contributed by atoms with Crippen molar-refractivity contribution in [3.05, 3.63) is 11.7 Å². The molecule has 84 valence electrons. The van der Waals surface area contributed by atoms with Gasteiger partial charge in [-0.15, -0.1) is 0 Å². The van der Waals surface area contributed by atoms with Crippen molar-refractivity contribution < 1.29 is 14.4 Å². The molecule has 1 fully saturated rings. The molecule has 0 spiro atoms. The van der Waals surface area contributed by atoms with Crippen molar-refractivity contribution in [2.45, 2.75) is 38.9 Å². The Hall–Kier alpha value is -0.940. The van der Waals surface area contributed by atoms with Crippen LogP contribution in [0.15, 0.2) is 4.52 Å². The maximum absolute atomic E-state index is 9.67. The van der Waals surface area contributed by atoms with Crippen LogP contribution in [0, 0.1) is 5.92 Å². The number of rotatable bonds is 6. The molecule has 1 aliphatic carbocycles. The minimum atomic E-state index is -0.328. The van der Waals surface area contributed by atoms with Gasteiger partial charge in [0, 0.05) is 6.61 Å². The van der Waals surface area contributed by atoms with Gasteiger partial charge in [-0.25, -0.2) is 0 Å². The van der Waals surface area contributed by atoms with Crippen LogP contribution in [0.4, 0.5) is 0 Å². The van der Waals surface area contributed by atoms with Crippen molar-refractivity contribution in [2.24, 2.45) is 5.92 Å². The normalized spacial score (nSPS) is 18.0. The van der Waals surface area contributed by atoms with Gasteiger partial charge in [0.25, 0.3) is 0 Å². The van der Waals surface area contributed by atoms with Gasteiger partial charge < -0.3 is 14.4 Å². The molecule has 5 heteroatoms. The van der Waals surface area contributed by atoms with E-state index in [1.54, 1.807) is 0 Å². The van der Waals surface area contributed by atoms with E-state index in [2.05, 4.69) is 10.1 Å². The van der Waals surface area contributed by atoms with Crippen molar-refractivity contribution in [3.63, 3.8) is 0 Å². The predicted octanol–water partition coefficient (Wildman–Crippen LogP) is 0.919. The van der Waals surface area contributed by atoms with E-state index in [0.29, 0.717) is 37.3 Å². The fourth-order valence-corrected chi connectivity index (χ4v) is 1.45. The van der Waals surface area contributed by atoms with Crippen LogP contribution < -0.4 is 0 Å². The van der Waals surface area contributed by atoms with E-state index in [0.717, 1.165) is 12.8 Å². The fourth-order valence-electron chi connectivity index (χ4n) is 1.45. The summed E-state index contributed by atoms with van der Waals surface area (Å²) in [6.45, 7) is 2.92. The van der Waals surface area contributed by atoms with E-state index in [1.807, 2.05) is 6.92 Å². The van der Waals surface area contributed by atoms with Crippen LogP contribution in [-0.4, -0.2) is 28.0 Å². The zero-order valence-electron chi connectivity index (χ0n) is 8.85. The summed E-state index contributed by atoms with van der Waals surface area (Å²) < 4.78 is 10.2. The van der Waals surface area contributed by atoms with Crippen molar-refractivity contribution in [1.82, 2.24) is 10.1 Å². The second-order valence-electron chi connectivity index (χ2n) is 3.85. The number of hydrogen-bond acceptors (Lipinski definition) is 5. The van der Waals surface area contributed by atoms with Gasteiger partial charge in [-0.2, -0.15) is 4.98 Å². The quantitative estimate of drug-likeness (QED) is 0.759. The molecular formula is C10H16N2O3. The molecule has 0 amide bonds. The largest absolute Gasteiger partial charge is 0.392 e. The third-order valence-electron chi connectivity index (χ3n) is 2.50. The lowest BCUT2D eigenvalue weighted by molar-refractivity contribution is 0.126. The lowest BCUT2D eigenvalue weighted by Gasteiger charge is -2.03. The van der Waals surface area contributed by atoms with Crippen LogP contribution in [0.3, 0.4) is 0 Å². The third-order valence-corrected chi connectivity index (χ3v) is 2.50. The van der Waals surface area contributed by atoms with E-state index in [4.69, 9.17) is 9.26 Å². The predicted molar refractivity (Wildman–Crippen MR) is 52.1 cm³/mol. The highest BCUT2D eigenvalue weighted by atomic mass is 16.5. The lowest BCUT2D eigenvalue weighted by Crippen LogP contribution is -2.12. The summed E-state index contributed by atoms with van der Waals surface area (Å²) >= 11 is 0. The number of nitrogens with zero attached hydrogens (tertiary/aromatic N) is 2.